The highest BCUT2D eigenvalue weighted by Gasteiger charge is 2.33. The van der Waals surface area contributed by atoms with Gasteiger partial charge in [0.25, 0.3) is 0 Å². The summed E-state index contributed by atoms with van der Waals surface area (Å²) >= 11 is 6.36. The Labute approximate surface area is 161 Å². The minimum Gasteiger partial charge on any atom is -0.491 e. The van der Waals surface area contributed by atoms with E-state index in [0.29, 0.717) is 29.7 Å². The van der Waals surface area contributed by atoms with Crippen LogP contribution in [-0.2, 0) is 10.0 Å². The molecule has 2 aliphatic rings. The molecule has 142 valence electrons. The lowest BCUT2D eigenvalue weighted by atomic mass is 9.82. The van der Waals surface area contributed by atoms with Crippen LogP contribution in [0.5, 0.6) is 5.75 Å². The largest absolute Gasteiger partial charge is 0.491 e. The predicted octanol–water partition coefficient (Wildman–Crippen LogP) is 4.57. The van der Waals surface area contributed by atoms with Crippen LogP contribution in [0.25, 0.3) is 0 Å². The molecule has 0 bridgehead atoms. The third-order valence-corrected chi connectivity index (χ3v) is 7.27. The smallest absolute Gasteiger partial charge is 0.243 e. The van der Waals surface area contributed by atoms with Gasteiger partial charge in [-0.15, -0.1) is 0 Å². The lowest BCUT2D eigenvalue weighted by Crippen LogP contribution is -2.40. The number of hydrogen-bond donors (Lipinski definition) is 0. The van der Waals surface area contributed by atoms with Crippen molar-refractivity contribution in [1.82, 2.24) is 4.31 Å². The first-order valence-electron chi connectivity index (χ1n) is 9.17. The number of piperidine rings is 1. The van der Waals surface area contributed by atoms with Gasteiger partial charge in [-0.2, -0.15) is 4.31 Å². The van der Waals surface area contributed by atoms with Gasteiger partial charge in [0.1, 0.15) is 5.75 Å². The minimum atomic E-state index is -3.46. The first kappa shape index (κ1) is 19.5. The molecule has 1 atom stereocenters. The summed E-state index contributed by atoms with van der Waals surface area (Å²) in [6.45, 7) is 4.95. The zero-order valence-corrected chi connectivity index (χ0v) is 16.8. The van der Waals surface area contributed by atoms with Gasteiger partial charge < -0.3 is 4.74 Å². The fourth-order valence-corrected chi connectivity index (χ4v) is 5.41. The van der Waals surface area contributed by atoms with Gasteiger partial charge >= 0.3 is 0 Å². The highest BCUT2D eigenvalue weighted by molar-refractivity contribution is 7.89. The normalized spacial score (nSPS) is 22.5. The minimum absolute atomic E-state index is 0.0613. The Kier molecular flexibility index (Phi) is 6.10. The van der Waals surface area contributed by atoms with Crippen molar-refractivity contribution >= 4 is 21.6 Å². The van der Waals surface area contributed by atoms with E-state index in [9.17, 15) is 8.42 Å². The number of hydrogen-bond acceptors (Lipinski definition) is 3. The number of allylic oxidation sites excluding steroid dienone is 4. The lowest BCUT2D eigenvalue weighted by Gasteiger charge is -2.35. The van der Waals surface area contributed by atoms with Crippen LogP contribution in [0.2, 0.25) is 0 Å². The maximum absolute atomic E-state index is 12.9. The van der Waals surface area contributed by atoms with E-state index in [-0.39, 0.29) is 12.0 Å². The van der Waals surface area contributed by atoms with Crippen LogP contribution in [0.3, 0.4) is 0 Å². The second-order valence-electron chi connectivity index (χ2n) is 7.16. The molecule has 26 heavy (non-hydrogen) atoms. The zero-order chi connectivity index (χ0) is 18.7. The SMILES string of the molecule is CC(C)Oc1ccc(S(=O)(=O)N2CCC(C3C=CCC=C3Cl)CC2)cc1. The number of halogens is 1. The fourth-order valence-electron chi connectivity index (χ4n) is 3.60. The Bertz CT molecular complexity index is 776. The zero-order valence-electron chi connectivity index (χ0n) is 15.3. The number of ether oxygens (including phenoxy) is 1. The van der Waals surface area contributed by atoms with Gasteiger partial charge in [0, 0.05) is 24.0 Å². The highest BCUT2D eigenvalue weighted by Crippen LogP contribution is 2.36. The number of nitrogens with zero attached hydrogens (tertiary/aromatic N) is 1. The summed E-state index contributed by atoms with van der Waals surface area (Å²) in [5.41, 5.74) is 0. The van der Waals surface area contributed by atoms with Gasteiger partial charge in [0.05, 0.1) is 11.0 Å². The summed E-state index contributed by atoms with van der Waals surface area (Å²) in [7, 11) is -3.46. The summed E-state index contributed by atoms with van der Waals surface area (Å²) in [5, 5.41) is 0.898. The Morgan fingerprint density at radius 3 is 2.38 bits per heavy atom. The number of sulfonamides is 1. The van der Waals surface area contributed by atoms with Gasteiger partial charge in [-0.05, 0) is 63.3 Å². The molecular weight excluding hydrogens is 370 g/mol. The summed E-state index contributed by atoms with van der Waals surface area (Å²) in [6, 6.07) is 6.69. The van der Waals surface area contributed by atoms with Crippen molar-refractivity contribution in [2.45, 2.75) is 44.1 Å². The summed E-state index contributed by atoms with van der Waals surface area (Å²) in [6.07, 6.45) is 8.96. The van der Waals surface area contributed by atoms with Crippen molar-refractivity contribution in [2.24, 2.45) is 11.8 Å². The monoisotopic (exact) mass is 395 g/mol. The molecule has 6 heteroatoms. The molecule has 1 saturated heterocycles. The maximum atomic E-state index is 12.9. The van der Waals surface area contributed by atoms with E-state index < -0.39 is 10.0 Å². The van der Waals surface area contributed by atoms with Crippen molar-refractivity contribution < 1.29 is 13.2 Å². The first-order chi connectivity index (χ1) is 12.4. The van der Waals surface area contributed by atoms with Crippen LogP contribution < -0.4 is 4.74 Å². The van der Waals surface area contributed by atoms with Crippen LogP contribution >= 0.6 is 11.6 Å². The molecule has 0 saturated carbocycles. The third kappa shape index (κ3) is 4.33. The van der Waals surface area contributed by atoms with E-state index in [1.165, 1.54) is 0 Å². The average Bonchev–Trinajstić information content (AvgIpc) is 2.62. The van der Waals surface area contributed by atoms with Crippen LogP contribution in [0, 0.1) is 11.8 Å². The van der Waals surface area contributed by atoms with Gasteiger partial charge in [-0.1, -0.05) is 29.8 Å². The molecule has 1 aliphatic heterocycles. The molecule has 1 aliphatic carbocycles. The van der Waals surface area contributed by atoms with Crippen molar-refractivity contribution in [3.05, 3.63) is 47.5 Å². The molecule has 1 aromatic rings. The quantitative estimate of drug-likeness (QED) is 0.686. The van der Waals surface area contributed by atoms with Crippen LogP contribution in [0.1, 0.15) is 33.1 Å². The molecule has 1 fully saturated rings. The molecule has 1 unspecified atom stereocenters. The lowest BCUT2D eigenvalue weighted by molar-refractivity contribution is 0.242. The molecule has 0 N–H and O–H groups in total. The van der Waals surface area contributed by atoms with Gasteiger partial charge in [0.15, 0.2) is 0 Å². The van der Waals surface area contributed by atoms with Gasteiger partial charge in [0.2, 0.25) is 10.0 Å². The highest BCUT2D eigenvalue weighted by atomic mass is 35.5. The van der Waals surface area contributed by atoms with Gasteiger partial charge in [-0.25, -0.2) is 8.42 Å². The van der Waals surface area contributed by atoms with Crippen LogP contribution in [0.15, 0.2) is 52.4 Å². The van der Waals surface area contributed by atoms with E-state index in [0.717, 1.165) is 24.3 Å². The number of rotatable bonds is 5. The van der Waals surface area contributed by atoms with Crippen LogP contribution in [-0.4, -0.2) is 31.9 Å². The molecule has 0 amide bonds. The second-order valence-corrected chi connectivity index (χ2v) is 9.53. The maximum Gasteiger partial charge on any atom is 0.243 e. The van der Waals surface area contributed by atoms with E-state index >= 15 is 0 Å². The Hall–Kier alpha value is -1.30. The molecule has 1 aromatic carbocycles. The van der Waals surface area contributed by atoms with Crippen molar-refractivity contribution in [1.29, 1.82) is 0 Å². The van der Waals surface area contributed by atoms with Crippen molar-refractivity contribution in [3.63, 3.8) is 0 Å². The Balaban J connectivity index is 1.65. The molecular formula is C20H26ClNO3S. The van der Waals surface area contributed by atoms with Crippen LogP contribution in [0.4, 0.5) is 0 Å². The topological polar surface area (TPSA) is 46.6 Å². The molecule has 0 spiro atoms. The predicted molar refractivity (Wildman–Crippen MR) is 105 cm³/mol. The molecule has 0 aromatic heterocycles. The summed E-state index contributed by atoms with van der Waals surface area (Å²) in [4.78, 5) is 0.322. The van der Waals surface area contributed by atoms with Gasteiger partial charge in [-0.3, -0.25) is 0 Å². The van der Waals surface area contributed by atoms with E-state index in [4.69, 9.17) is 16.3 Å². The molecule has 0 radical (unpaired) electrons. The fraction of sp³-hybridized carbons (Fsp3) is 0.500. The van der Waals surface area contributed by atoms with E-state index in [1.54, 1.807) is 28.6 Å². The van der Waals surface area contributed by atoms with E-state index in [1.807, 2.05) is 13.8 Å². The first-order valence-corrected chi connectivity index (χ1v) is 11.0. The van der Waals surface area contributed by atoms with Crippen molar-refractivity contribution in [3.8, 4) is 5.75 Å². The van der Waals surface area contributed by atoms with Crippen molar-refractivity contribution in [2.75, 3.05) is 13.1 Å². The second kappa shape index (κ2) is 8.15. The average molecular weight is 396 g/mol. The Morgan fingerprint density at radius 1 is 1.15 bits per heavy atom. The Morgan fingerprint density at radius 2 is 1.81 bits per heavy atom. The summed E-state index contributed by atoms with van der Waals surface area (Å²) < 4.78 is 33.0. The molecule has 1 heterocycles. The standard InChI is InChI=1S/C20H26ClNO3S/c1-15(2)25-17-7-9-18(10-8-17)26(23,24)22-13-11-16(12-14-22)19-5-3-4-6-20(19)21/h3,5-10,15-16,19H,4,11-14H2,1-2H3. The third-order valence-electron chi connectivity index (χ3n) is 4.95. The number of benzene rings is 1. The molecule has 3 rings (SSSR count). The molecule has 4 nitrogen and oxygen atoms in total. The van der Waals surface area contributed by atoms with E-state index in [2.05, 4.69) is 18.2 Å². The summed E-state index contributed by atoms with van der Waals surface area (Å²) in [5.74, 6) is 1.33.